The van der Waals surface area contributed by atoms with Crippen LogP contribution in [0.25, 0.3) is 0 Å². The first kappa shape index (κ1) is 17.2. The van der Waals surface area contributed by atoms with Crippen LogP contribution in [0.1, 0.15) is 19.3 Å². The third kappa shape index (κ3) is 3.70. The van der Waals surface area contributed by atoms with Gasteiger partial charge in [-0.3, -0.25) is 4.79 Å². The topological polar surface area (TPSA) is 73.8 Å². The fourth-order valence-electron chi connectivity index (χ4n) is 3.46. The van der Waals surface area contributed by atoms with Gasteiger partial charge >= 0.3 is 0 Å². The molecule has 1 amide bonds. The molecule has 1 aromatic heterocycles. The lowest BCUT2D eigenvalue weighted by Gasteiger charge is -2.40. The number of amides is 1. The second-order valence-electron chi connectivity index (χ2n) is 6.39. The molecule has 3 rings (SSSR count). The van der Waals surface area contributed by atoms with Crippen molar-refractivity contribution in [2.45, 2.75) is 25.3 Å². The lowest BCUT2D eigenvalue weighted by Crippen LogP contribution is -2.57. The van der Waals surface area contributed by atoms with Crippen LogP contribution in [0.2, 0.25) is 0 Å². The Labute approximate surface area is 143 Å². The van der Waals surface area contributed by atoms with Crippen LogP contribution >= 0.6 is 0 Å². The average Bonchev–Trinajstić information content (AvgIpc) is 2.61. The summed E-state index contributed by atoms with van der Waals surface area (Å²) in [6, 6.07) is 5.26. The average molecular weight is 352 g/mol. The maximum absolute atomic E-state index is 12.8. The van der Waals surface area contributed by atoms with Gasteiger partial charge in [0.15, 0.2) is 0 Å². The Bertz CT molecular complexity index is 672. The van der Waals surface area contributed by atoms with E-state index in [0.717, 1.165) is 18.7 Å². The van der Waals surface area contributed by atoms with Crippen LogP contribution in [0.3, 0.4) is 0 Å². The van der Waals surface area contributed by atoms with E-state index in [2.05, 4.69) is 9.88 Å². The van der Waals surface area contributed by atoms with Crippen molar-refractivity contribution in [3.8, 4) is 0 Å². The van der Waals surface area contributed by atoms with E-state index in [1.54, 1.807) is 11.1 Å². The van der Waals surface area contributed by atoms with Crippen LogP contribution in [0, 0.1) is 0 Å². The number of carbonyl (C=O) groups excluding carboxylic acids is 1. The molecule has 0 aliphatic carbocycles. The van der Waals surface area contributed by atoms with E-state index in [1.165, 1.54) is 10.6 Å². The molecule has 0 spiro atoms. The zero-order valence-corrected chi connectivity index (χ0v) is 14.8. The predicted octanol–water partition coefficient (Wildman–Crippen LogP) is 0.544. The van der Waals surface area contributed by atoms with Crippen LogP contribution in [-0.4, -0.2) is 73.5 Å². The molecular formula is C16H24N4O3S. The molecule has 0 N–H and O–H groups in total. The number of rotatable bonds is 3. The van der Waals surface area contributed by atoms with Gasteiger partial charge < -0.3 is 9.80 Å². The van der Waals surface area contributed by atoms with Crippen molar-refractivity contribution in [1.82, 2.24) is 14.2 Å². The minimum absolute atomic E-state index is 0.0548. The van der Waals surface area contributed by atoms with Gasteiger partial charge in [0.1, 0.15) is 11.9 Å². The Balaban J connectivity index is 1.64. The number of nitrogens with zero attached hydrogens (tertiary/aromatic N) is 4. The van der Waals surface area contributed by atoms with Crippen LogP contribution < -0.4 is 4.90 Å². The number of pyridine rings is 1. The van der Waals surface area contributed by atoms with Crippen molar-refractivity contribution in [3.05, 3.63) is 24.4 Å². The summed E-state index contributed by atoms with van der Waals surface area (Å²) < 4.78 is 25.3. The number of sulfonamides is 1. The minimum Gasteiger partial charge on any atom is -0.353 e. The number of carbonyl (C=O) groups is 1. The SMILES string of the molecule is CS(=O)(=O)N1CCCCC1C(=O)N1CCN(c2ccccn2)CC1. The minimum atomic E-state index is -3.35. The monoisotopic (exact) mass is 352 g/mol. The number of piperidine rings is 1. The van der Waals surface area contributed by atoms with Crippen LogP contribution in [0.4, 0.5) is 5.82 Å². The van der Waals surface area contributed by atoms with Crippen molar-refractivity contribution in [3.63, 3.8) is 0 Å². The molecule has 1 unspecified atom stereocenters. The molecule has 0 aromatic carbocycles. The first-order chi connectivity index (χ1) is 11.5. The van der Waals surface area contributed by atoms with Crippen LogP contribution in [0.15, 0.2) is 24.4 Å². The van der Waals surface area contributed by atoms with Crippen molar-refractivity contribution in [2.75, 3.05) is 43.9 Å². The van der Waals surface area contributed by atoms with Crippen molar-refractivity contribution < 1.29 is 13.2 Å². The molecule has 7 nitrogen and oxygen atoms in total. The summed E-state index contributed by atoms with van der Waals surface area (Å²) in [6.45, 7) is 3.08. The van der Waals surface area contributed by atoms with Gasteiger partial charge in [-0.05, 0) is 25.0 Å². The number of aromatic nitrogens is 1. The number of anilines is 1. The molecule has 132 valence electrons. The highest BCUT2D eigenvalue weighted by Gasteiger charge is 2.37. The van der Waals surface area contributed by atoms with Crippen LogP contribution in [0.5, 0.6) is 0 Å². The fraction of sp³-hybridized carbons (Fsp3) is 0.625. The van der Waals surface area contributed by atoms with Gasteiger partial charge in [-0.15, -0.1) is 0 Å². The fourth-order valence-corrected chi connectivity index (χ4v) is 4.57. The van der Waals surface area contributed by atoms with Gasteiger partial charge in [-0.2, -0.15) is 4.31 Å². The summed E-state index contributed by atoms with van der Waals surface area (Å²) in [7, 11) is -3.35. The van der Waals surface area contributed by atoms with Gasteiger partial charge in [-0.25, -0.2) is 13.4 Å². The van der Waals surface area contributed by atoms with Crippen molar-refractivity contribution in [1.29, 1.82) is 0 Å². The molecular weight excluding hydrogens is 328 g/mol. The maximum Gasteiger partial charge on any atom is 0.241 e. The molecule has 1 atom stereocenters. The first-order valence-electron chi connectivity index (χ1n) is 8.38. The summed E-state index contributed by atoms with van der Waals surface area (Å²) >= 11 is 0. The molecule has 2 fully saturated rings. The second kappa shape index (κ2) is 7.06. The highest BCUT2D eigenvalue weighted by atomic mass is 32.2. The highest BCUT2D eigenvalue weighted by Crippen LogP contribution is 2.22. The third-order valence-electron chi connectivity index (χ3n) is 4.73. The normalized spacial score (nSPS) is 23.3. The standard InChI is InChI=1S/C16H24N4O3S/c1-24(22,23)20-9-5-3-6-14(20)16(21)19-12-10-18(11-13-19)15-7-2-4-8-17-15/h2,4,7-8,14H,3,5-6,9-13H2,1H3. The van der Waals surface area contributed by atoms with E-state index < -0.39 is 16.1 Å². The molecule has 0 radical (unpaired) electrons. The number of piperazine rings is 1. The van der Waals surface area contributed by atoms with E-state index in [4.69, 9.17) is 0 Å². The van der Waals surface area contributed by atoms with Crippen LogP contribution in [-0.2, 0) is 14.8 Å². The smallest absolute Gasteiger partial charge is 0.241 e. The van der Waals surface area contributed by atoms with E-state index in [9.17, 15) is 13.2 Å². The number of hydrogen-bond donors (Lipinski definition) is 0. The van der Waals surface area contributed by atoms with Crippen molar-refractivity contribution >= 4 is 21.7 Å². The predicted molar refractivity (Wildman–Crippen MR) is 92.2 cm³/mol. The zero-order chi connectivity index (χ0) is 17.2. The van der Waals surface area contributed by atoms with E-state index in [0.29, 0.717) is 39.1 Å². The largest absolute Gasteiger partial charge is 0.353 e. The Morgan fingerprint density at radius 2 is 1.88 bits per heavy atom. The van der Waals surface area contributed by atoms with Gasteiger partial charge in [0.2, 0.25) is 15.9 Å². The summed E-state index contributed by atoms with van der Waals surface area (Å²) in [4.78, 5) is 21.1. The summed E-state index contributed by atoms with van der Waals surface area (Å²) in [5, 5.41) is 0. The van der Waals surface area contributed by atoms with Crippen molar-refractivity contribution in [2.24, 2.45) is 0 Å². The summed E-state index contributed by atoms with van der Waals surface area (Å²) in [6.07, 6.45) is 5.30. The summed E-state index contributed by atoms with van der Waals surface area (Å²) in [5.41, 5.74) is 0. The van der Waals surface area contributed by atoms with E-state index >= 15 is 0 Å². The van der Waals surface area contributed by atoms with Gasteiger partial charge in [-0.1, -0.05) is 12.5 Å². The first-order valence-corrected chi connectivity index (χ1v) is 10.2. The molecule has 2 saturated heterocycles. The number of hydrogen-bond acceptors (Lipinski definition) is 5. The third-order valence-corrected chi connectivity index (χ3v) is 6.02. The molecule has 2 aliphatic heterocycles. The van der Waals surface area contributed by atoms with E-state index in [-0.39, 0.29) is 5.91 Å². The summed E-state index contributed by atoms with van der Waals surface area (Å²) in [5.74, 6) is 0.862. The quantitative estimate of drug-likeness (QED) is 0.794. The maximum atomic E-state index is 12.8. The lowest BCUT2D eigenvalue weighted by atomic mass is 10.0. The van der Waals surface area contributed by atoms with Gasteiger partial charge in [0.25, 0.3) is 0 Å². The zero-order valence-electron chi connectivity index (χ0n) is 14.0. The Kier molecular flexibility index (Phi) is 5.05. The Morgan fingerprint density at radius 1 is 1.12 bits per heavy atom. The molecule has 0 bridgehead atoms. The Hall–Kier alpha value is -1.67. The molecule has 3 heterocycles. The molecule has 2 aliphatic rings. The van der Waals surface area contributed by atoms with Gasteiger partial charge in [0, 0.05) is 38.9 Å². The molecule has 1 aromatic rings. The van der Waals surface area contributed by atoms with Gasteiger partial charge in [0.05, 0.1) is 6.26 Å². The molecule has 24 heavy (non-hydrogen) atoms. The molecule has 0 saturated carbocycles. The Morgan fingerprint density at radius 3 is 2.50 bits per heavy atom. The lowest BCUT2D eigenvalue weighted by molar-refractivity contribution is -0.136. The van der Waals surface area contributed by atoms with E-state index in [1.807, 2.05) is 18.2 Å². The second-order valence-corrected chi connectivity index (χ2v) is 8.32. The molecule has 8 heteroatoms. The highest BCUT2D eigenvalue weighted by molar-refractivity contribution is 7.88.